The van der Waals surface area contributed by atoms with E-state index in [1.165, 1.54) is 0 Å². The summed E-state index contributed by atoms with van der Waals surface area (Å²) in [6.07, 6.45) is 0. The maximum Gasteiger partial charge on any atom is 0.340 e. The minimum Gasteiger partial charge on any atom is -0.482 e. The van der Waals surface area contributed by atoms with Crippen LogP contribution in [-0.2, 0) is 11.3 Å². The highest BCUT2D eigenvalue weighted by Crippen LogP contribution is 2.30. The number of rotatable bonds is 6. The second kappa shape index (κ2) is 7.16. The highest BCUT2D eigenvalue weighted by Gasteiger charge is 2.23. The van der Waals surface area contributed by atoms with Crippen molar-refractivity contribution in [3.63, 3.8) is 0 Å². The van der Waals surface area contributed by atoms with Gasteiger partial charge in [0.05, 0.1) is 25.8 Å². The van der Waals surface area contributed by atoms with Crippen LogP contribution >= 0.6 is 0 Å². The minimum atomic E-state index is -0.295. The van der Waals surface area contributed by atoms with Gasteiger partial charge in [-0.1, -0.05) is 44.2 Å². The van der Waals surface area contributed by atoms with Crippen LogP contribution < -0.4 is 4.74 Å². The van der Waals surface area contributed by atoms with Crippen LogP contribution in [0.15, 0.2) is 36.4 Å². The highest BCUT2D eigenvalue weighted by molar-refractivity contribution is 5.91. The molecule has 0 spiro atoms. The van der Waals surface area contributed by atoms with Gasteiger partial charge in [0.1, 0.15) is 0 Å². The van der Waals surface area contributed by atoms with E-state index in [1.807, 2.05) is 29.7 Å². The monoisotopic (exact) mass is 301 g/mol. The largest absolute Gasteiger partial charge is 0.482 e. The molecule has 1 aromatic heterocycles. The lowest BCUT2D eigenvalue weighted by Crippen LogP contribution is -2.12. The summed E-state index contributed by atoms with van der Waals surface area (Å²) in [7, 11) is 1.62. The molecule has 118 valence electrons. The lowest BCUT2D eigenvalue weighted by atomic mass is 10.1. The summed E-state index contributed by atoms with van der Waals surface area (Å²) in [6, 6.07) is 11.9. The van der Waals surface area contributed by atoms with Crippen LogP contribution in [-0.4, -0.2) is 24.3 Å². The predicted molar refractivity (Wildman–Crippen MR) is 86.6 cm³/mol. The van der Waals surface area contributed by atoms with Crippen LogP contribution in [0.4, 0.5) is 0 Å². The molecule has 0 aliphatic carbocycles. The molecule has 2 rings (SSSR count). The van der Waals surface area contributed by atoms with Crippen LogP contribution in [0.2, 0.25) is 0 Å². The highest BCUT2D eigenvalue weighted by atomic mass is 16.5. The quantitative estimate of drug-likeness (QED) is 0.761. The number of hydrogen-bond acceptors (Lipinski definition) is 3. The maximum absolute atomic E-state index is 12.2. The van der Waals surface area contributed by atoms with Crippen molar-refractivity contribution in [2.45, 2.75) is 33.2 Å². The van der Waals surface area contributed by atoms with E-state index in [0.29, 0.717) is 24.6 Å². The van der Waals surface area contributed by atoms with Gasteiger partial charge in [-0.15, -0.1) is 0 Å². The minimum absolute atomic E-state index is 0.187. The third kappa shape index (κ3) is 3.32. The zero-order chi connectivity index (χ0) is 16.1. The smallest absolute Gasteiger partial charge is 0.340 e. The molecule has 0 amide bonds. The van der Waals surface area contributed by atoms with Gasteiger partial charge >= 0.3 is 5.97 Å². The SMILES string of the molecule is CCOC(=O)c1cc(OC)n(Cc2ccccc2)c1C(C)C. The first-order valence-corrected chi connectivity index (χ1v) is 7.56. The number of hydrogen-bond donors (Lipinski definition) is 0. The summed E-state index contributed by atoms with van der Waals surface area (Å²) in [5, 5.41) is 0. The molecule has 1 aromatic carbocycles. The van der Waals surface area contributed by atoms with Crippen LogP contribution in [0.25, 0.3) is 0 Å². The molecule has 1 heterocycles. The van der Waals surface area contributed by atoms with Crippen molar-refractivity contribution in [3.8, 4) is 5.88 Å². The number of benzene rings is 1. The third-order valence-corrected chi connectivity index (χ3v) is 3.54. The second-order valence-corrected chi connectivity index (χ2v) is 5.43. The maximum atomic E-state index is 12.2. The Kier molecular flexibility index (Phi) is 5.26. The fourth-order valence-electron chi connectivity index (χ4n) is 2.63. The third-order valence-electron chi connectivity index (χ3n) is 3.54. The summed E-state index contributed by atoms with van der Waals surface area (Å²) >= 11 is 0. The molecule has 4 heteroatoms. The van der Waals surface area contributed by atoms with Crippen LogP contribution in [0.1, 0.15) is 48.3 Å². The van der Waals surface area contributed by atoms with E-state index in [1.54, 1.807) is 13.2 Å². The van der Waals surface area contributed by atoms with E-state index >= 15 is 0 Å². The van der Waals surface area contributed by atoms with Gasteiger partial charge in [0, 0.05) is 11.8 Å². The Morgan fingerprint density at radius 2 is 1.91 bits per heavy atom. The van der Waals surface area contributed by atoms with Crippen LogP contribution in [0.3, 0.4) is 0 Å². The molecule has 0 aliphatic heterocycles. The standard InChI is InChI=1S/C18H23NO3/c1-5-22-18(20)15-11-16(21-4)19(17(15)13(2)3)12-14-9-7-6-8-10-14/h6-11,13H,5,12H2,1-4H3. The normalized spacial score (nSPS) is 10.8. The van der Waals surface area contributed by atoms with Gasteiger partial charge in [-0.25, -0.2) is 4.79 Å². The van der Waals surface area contributed by atoms with Crippen molar-refractivity contribution in [3.05, 3.63) is 53.2 Å². The van der Waals surface area contributed by atoms with Crippen molar-refractivity contribution in [1.82, 2.24) is 4.57 Å². The molecular formula is C18H23NO3. The molecule has 4 nitrogen and oxygen atoms in total. The summed E-state index contributed by atoms with van der Waals surface area (Å²) in [6.45, 7) is 6.97. The molecule has 0 saturated heterocycles. The molecule has 0 atom stereocenters. The molecule has 0 unspecified atom stereocenters. The second-order valence-electron chi connectivity index (χ2n) is 5.43. The Labute approximate surface area is 131 Å². The zero-order valence-corrected chi connectivity index (χ0v) is 13.6. The number of carbonyl (C=O) groups excluding carboxylic acids is 1. The fourth-order valence-corrected chi connectivity index (χ4v) is 2.63. The predicted octanol–water partition coefficient (Wildman–Crippen LogP) is 3.85. The van der Waals surface area contributed by atoms with Crippen LogP contribution in [0, 0.1) is 0 Å². The number of nitrogens with zero attached hydrogens (tertiary/aromatic N) is 1. The van der Waals surface area contributed by atoms with Crippen molar-refractivity contribution >= 4 is 5.97 Å². The topological polar surface area (TPSA) is 40.5 Å². The molecule has 0 saturated carbocycles. The zero-order valence-electron chi connectivity index (χ0n) is 13.6. The molecule has 2 aromatic rings. The Morgan fingerprint density at radius 1 is 1.23 bits per heavy atom. The van der Waals surface area contributed by atoms with Gasteiger partial charge in [0.25, 0.3) is 0 Å². The molecule has 0 radical (unpaired) electrons. The first-order chi connectivity index (χ1) is 10.6. The van der Waals surface area contributed by atoms with Crippen molar-refractivity contribution in [2.24, 2.45) is 0 Å². The first-order valence-electron chi connectivity index (χ1n) is 7.56. The summed E-state index contributed by atoms with van der Waals surface area (Å²) in [5.41, 5.74) is 2.69. The van der Waals surface area contributed by atoms with Crippen molar-refractivity contribution in [1.29, 1.82) is 0 Å². The van der Waals surface area contributed by atoms with Gasteiger partial charge in [-0.2, -0.15) is 0 Å². The Balaban J connectivity index is 2.48. The number of ether oxygens (including phenoxy) is 2. The average molecular weight is 301 g/mol. The Morgan fingerprint density at radius 3 is 2.45 bits per heavy atom. The van der Waals surface area contributed by atoms with E-state index in [2.05, 4.69) is 26.0 Å². The first kappa shape index (κ1) is 16.1. The van der Waals surface area contributed by atoms with E-state index in [9.17, 15) is 4.79 Å². The lowest BCUT2D eigenvalue weighted by Gasteiger charge is -2.16. The van der Waals surface area contributed by atoms with Gasteiger partial charge in [0.15, 0.2) is 5.88 Å². The average Bonchev–Trinajstić information content (AvgIpc) is 2.87. The molecular weight excluding hydrogens is 278 g/mol. The van der Waals surface area contributed by atoms with E-state index < -0.39 is 0 Å². The molecule has 0 fully saturated rings. The van der Waals surface area contributed by atoms with Crippen LogP contribution in [0.5, 0.6) is 5.88 Å². The Hall–Kier alpha value is -2.23. The molecule has 0 bridgehead atoms. The molecule has 0 aliphatic rings. The number of carbonyl (C=O) groups is 1. The fraction of sp³-hybridized carbons (Fsp3) is 0.389. The van der Waals surface area contributed by atoms with Crippen molar-refractivity contribution < 1.29 is 14.3 Å². The van der Waals surface area contributed by atoms with Crippen molar-refractivity contribution in [2.75, 3.05) is 13.7 Å². The summed E-state index contributed by atoms with van der Waals surface area (Å²) in [4.78, 5) is 12.2. The number of methoxy groups -OCH3 is 1. The van der Waals surface area contributed by atoms with Gasteiger partial charge < -0.3 is 14.0 Å². The summed E-state index contributed by atoms with van der Waals surface area (Å²) < 4.78 is 12.7. The molecule has 22 heavy (non-hydrogen) atoms. The van der Waals surface area contributed by atoms with Gasteiger partial charge in [-0.3, -0.25) is 0 Å². The van der Waals surface area contributed by atoms with E-state index in [-0.39, 0.29) is 11.9 Å². The van der Waals surface area contributed by atoms with Gasteiger partial charge in [-0.05, 0) is 18.4 Å². The lowest BCUT2D eigenvalue weighted by molar-refractivity contribution is 0.0524. The molecule has 0 N–H and O–H groups in total. The van der Waals surface area contributed by atoms with E-state index in [4.69, 9.17) is 9.47 Å². The Bertz CT molecular complexity index is 629. The number of esters is 1. The van der Waals surface area contributed by atoms with E-state index in [0.717, 1.165) is 11.3 Å². The number of aromatic nitrogens is 1. The summed E-state index contributed by atoms with van der Waals surface area (Å²) in [5.74, 6) is 0.568. The van der Waals surface area contributed by atoms with Gasteiger partial charge in [0.2, 0.25) is 0 Å².